The molecule has 168 valence electrons. The topological polar surface area (TPSA) is 75.7 Å². The molecule has 1 fully saturated rings. The Hall–Kier alpha value is -2.10. The Bertz CT molecular complexity index is 989. The molecule has 1 N–H and O–H groups in total. The highest BCUT2D eigenvalue weighted by Crippen LogP contribution is 2.26. The van der Waals surface area contributed by atoms with Gasteiger partial charge in [-0.2, -0.15) is 0 Å². The lowest BCUT2D eigenvalue weighted by atomic mass is 10.2. The fraction of sp³-hybridized carbons (Fsp3) is 0.409. The van der Waals surface area contributed by atoms with Crippen molar-refractivity contribution < 1.29 is 22.3 Å². The number of carbonyl (C=O) groups is 1. The standard InChI is InChI=1S/C22H27FN2O4S2/c1-30-21-11-10-19(16-20(21)22(26)25-13-4-2-3-5-14-25)31(27,28)24-12-15-29-18-8-6-17(23)7-9-18/h6-11,16,24H,2-5,12-15H2,1H3. The Labute approximate surface area is 187 Å². The molecule has 0 spiro atoms. The second kappa shape index (κ2) is 11.0. The van der Waals surface area contributed by atoms with Crippen LogP contribution < -0.4 is 9.46 Å². The minimum absolute atomic E-state index is 0.0411. The molecule has 0 aliphatic carbocycles. The first-order valence-electron chi connectivity index (χ1n) is 10.3. The van der Waals surface area contributed by atoms with E-state index in [9.17, 15) is 17.6 Å². The molecular formula is C22H27FN2O4S2. The minimum Gasteiger partial charge on any atom is -0.492 e. The molecule has 2 aromatic carbocycles. The summed E-state index contributed by atoms with van der Waals surface area (Å²) in [5.41, 5.74) is 0.417. The molecule has 0 unspecified atom stereocenters. The Balaban J connectivity index is 1.68. The van der Waals surface area contributed by atoms with Gasteiger partial charge in [-0.05, 0) is 61.6 Å². The SMILES string of the molecule is CSc1ccc(S(=O)(=O)NCCOc2ccc(F)cc2)cc1C(=O)N1CCCCCC1. The summed E-state index contributed by atoms with van der Waals surface area (Å²) in [6.45, 7) is 1.53. The number of halogens is 1. The van der Waals surface area contributed by atoms with E-state index < -0.39 is 10.0 Å². The first-order valence-corrected chi connectivity index (χ1v) is 13.0. The van der Waals surface area contributed by atoms with Crippen LogP contribution in [-0.4, -0.2) is 51.7 Å². The number of ether oxygens (including phenoxy) is 1. The highest BCUT2D eigenvalue weighted by atomic mass is 32.2. The van der Waals surface area contributed by atoms with Crippen molar-refractivity contribution in [3.8, 4) is 5.75 Å². The largest absolute Gasteiger partial charge is 0.492 e. The summed E-state index contributed by atoms with van der Waals surface area (Å²) in [4.78, 5) is 15.7. The summed E-state index contributed by atoms with van der Waals surface area (Å²) in [7, 11) is -3.81. The first-order chi connectivity index (χ1) is 14.9. The molecule has 9 heteroatoms. The average molecular weight is 467 g/mol. The van der Waals surface area contributed by atoms with Crippen LogP contribution in [0.3, 0.4) is 0 Å². The molecule has 1 heterocycles. The van der Waals surface area contributed by atoms with Crippen molar-refractivity contribution in [1.82, 2.24) is 9.62 Å². The maximum absolute atomic E-state index is 13.1. The van der Waals surface area contributed by atoms with Crippen LogP contribution in [0.15, 0.2) is 52.3 Å². The number of sulfonamides is 1. The molecule has 31 heavy (non-hydrogen) atoms. The molecule has 6 nitrogen and oxygen atoms in total. The number of hydrogen-bond donors (Lipinski definition) is 1. The normalized spacial score (nSPS) is 14.8. The summed E-state index contributed by atoms with van der Waals surface area (Å²) in [6.07, 6.45) is 6.02. The van der Waals surface area contributed by atoms with Crippen LogP contribution in [0, 0.1) is 5.82 Å². The number of benzene rings is 2. The van der Waals surface area contributed by atoms with Crippen molar-refractivity contribution >= 4 is 27.7 Å². The van der Waals surface area contributed by atoms with E-state index in [4.69, 9.17) is 4.74 Å². The van der Waals surface area contributed by atoms with Gasteiger partial charge in [-0.15, -0.1) is 11.8 Å². The predicted octanol–water partition coefficient (Wildman–Crippen LogP) is 3.92. The van der Waals surface area contributed by atoms with Gasteiger partial charge in [0.05, 0.1) is 10.5 Å². The number of likely N-dealkylation sites (tertiary alicyclic amines) is 1. The highest BCUT2D eigenvalue weighted by molar-refractivity contribution is 7.98. The summed E-state index contributed by atoms with van der Waals surface area (Å²) >= 11 is 1.42. The van der Waals surface area contributed by atoms with E-state index in [0.717, 1.165) is 30.6 Å². The first kappa shape index (κ1) is 23.6. The van der Waals surface area contributed by atoms with Crippen LogP contribution in [0.25, 0.3) is 0 Å². The van der Waals surface area contributed by atoms with Gasteiger partial charge in [-0.1, -0.05) is 12.8 Å². The molecule has 1 amide bonds. The molecule has 3 rings (SSSR count). The molecule has 0 bridgehead atoms. The molecule has 0 aromatic heterocycles. The van der Waals surface area contributed by atoms with Crippen LogP contribution in [0.5, 0.6) is 5.75 Å². The maximum Gasteiger partial charge on any atom is 0.255 e. The van der Waals surface area contributed by atoms with Crippen molar-refractivity contribution in [2.75, 3.05) is 32.5 Å². The van der Waals surface area contributed by atoms with E-state index in [1.54, 1.807) is 6.07 Å². The molecule has 0 saturated carbocycles. The third-order valence-corrected chi connectivity index (χ3v) is 7.34. The minimum atomic E-state index is -3.81. The monoisotopic (exact) mass is 466 g/mol. The Morgan fingerprint density at radius 2 is 1.77 bits per heavy atom. The maximum atomic E-state index is 13.1. The van der Waals surface area contributed by atoms with Gasteiger partial charge in [0, 0.05) is 24.5 Å². The lowest BCUT2D eigenvalue weighted by Crippen LogP contribution is -2.33. The van der Waals surface area contributed by atoms with E-state index in [-0.39, 0.29) is 29.8 Å². The lowest BCUT2D eigenvalue weighted by molar-refractivity contribution is 0.0758. The number of nitrogens with one attached hydrogen (secondary N) is 1. The molecule has 1 saturated heterocycles. The quantitative estimate of drug-likeness (QED) is 0.471. The average Bonchev–Trinajstić information content (AvgIpc) is 3.06. The lowest BCUT2D eigenvalue weighted by Gasteiger charge is -2.22. The molecule has 1 aliphatic rings. The van der Waals surface area contributed by atoms with E-state index in [1.807, 2.05) is 11.2 Å². The van der Waals surface area contributed by atoms with Gasteiger partial charge in [-0.3, -0.25) is 4.79 Å². The van der Waals surface area contributed by atoms with Crippen LogP contribution in [0.2, 0.25) is 0 Å². The molecule has 1 aliphatic heterocycles. The van der Waals surface area contributed by atoms with E-state index in [1.165, 1.54) is 48.2 Å². The highest BCUT2D eigenvalue weighted by Gasteiger charge is 2.23. The van der Waals surface area contributed by atoms with E-state index >= 15 is 0 Å². The number of hydrogen-bond acceptors (Lipinski definition) is 5. The van der Waals surface area contributed by atoms with Gasteiger partial charge in [0.25, 0.3) is 5.91 Å². The molecule has 0 radical (unpaired) electrons. The second-order valence-corrected chi connectivity index (χ2v) is 9.88. The van der Waals surface area contributed by atoms with Gasteiger partial charge in [0.15, 0.2) is 0 Å². The summed E-state index contributed by atoms with van der Waals surface area (Å²) in [6, 6.07) is 10.2. The van der Waals surface area contributed by atoms with Crippen molar-refractivity contribution in [2.45, 2.75) is 35.5 Å². The smallest absolute Gasteiger partial charge is 0.255 e. The number of thioether (sulfide) groups is 1. The van der Waals surface area contributed by atoms with Gasteiger partial charge >= 0.3 is 0 Å². The van der Waals surface area contributed by atoms with Crippen molar-refractivity contribution in [3.63, 3.8) is 0 Å². The van der Waals surface area contributed by atoms with Crippen molar-refractivity contribution in [1.29, 1.82) is 0 Å². The zero-order valence-corrected chi connectivity index (χ0v) is 19.1. The zero-order chi connectivity index (χ0) is 22.3. The predicted molar refractivity (Wildman–Crippen MR) is 120 cm³/mol. The van der Waals surface area contributed by atoms with Gasteiger partial charge in [-0.25, -0.2) is 17.5 Å². The number of amides is 1. The van der Waals surface area contributed by atoms with Gasteiger partial charge in [0.1, 0.15) is 18.2 Å². The molecule has 2 aromatic rings. The fourth-order valence-electron chi connectivity index (χ4n) is 3.42. The van der Waals surface area contributed by atoms with Gasteiger partial charge in [0.2, 0.25) is 10.0 Å². The fourth-order valence-corrected chi connectivity index (χ4v) is 5.03. The summed E-state index contributed by atoms with van der Waals surface area (Å²) < 4.78 is 46.3. The van der Waals surface area contributed by atoms with Crippen LogP contribution in [0.1, 0.15) is 36.0 Å². The number of rotatable bonds is 8. The van der Waals surface area contributed by atoms with E-state index in [2.05, 4.69) is 4.72 Å². The van der Waals surface area contributed by atoms with Gasteiger partial charge < -0.3 is 9.64 Å². The Morgan fingerprint density at radius 3 is 2.42 bits per heavy atom. The third-order valence-electron chi connectivity index (χ3n) is 5.08. The van der Waals surface area contributed by atoms with Crippen molar-refractivity contribution in [2.24, 2.45) is 0 Å². The molecule has 0 atom stereocenters. The molecular weight excluding hydrogens is 439 g/mol. The second-order valence-electron chi connectivity index (χ2n) is 7.27. The zero-order valence-electron chi connectivity index (χ0n) is 17.5. The third kappa shape index (κ3) is 6.44. The van der Waals surface area contributed by atoms with Crippen molar-refractivity contribution in [3.05, 3.63) is 53.8 Å². The summed E-state index contributed by atoms with van der Waals surface area (Å²) in [5, 5.41) is 0. The Morgan fingerprint density at radius 1 is 1.10 bits per heavy atom. The van der Waals surface area contributed by atoms with Crippen LogP contribution in [-0.2, 0) is 10.0 Å². The van der Waals surface area contributed by atoms with E-state index in [0.29, 0.717) is 24.4 Å². The van der Waals surface area contributed by atoms with Crippen LogP contribution in [0.4, 0.5) is 4.39 Å². The number of nitrogens with zero attached hydrogens (tertiary/aromatic N) is 1. The van der Waals surface area contributed by atoms with Crippen LogP contribution >= 0.6 is 11.8 Å². The summed E-state index contributed by atoms with van der Waals surface area (Å²) in [5.74, 6) is -0.0366. The number of carbonyl (C=O) groups excluding carboxylic acids is 1. The Kier molecular flexibility index (Phi) is 8.34.